The van der Waals surface area contributed by atoms with Gasteiger partial charge in [-0.15, -0.1) is 0 Å². The van der Waals surface area contributed by atoms with Gasteiger partial charge in [-0.25, -0.2) is 4.79 Å². The number of aromatic carboxylic acids is 1. The van der Waals surface area contributed by atoms with Crippen molar-refractivity contribution in [2.75, 3.05) is 21.3 Å². The zero-order chi connectivity index (χ0) is 21.5. The van der Waals surface area contributed by atoms with Gasteiger partial charge in [0.15, 0.2) is 11.5 Å². The number of aromatic nitrogens is 1. The molecule has 0 fully saturated rings. The number of ether oxygens (including phenoxy) is 3. The van der Waals surface area contributed by atoms with Crippen molar-refractivity contribution in [2.45, 2.75) is 0 Å². The van der Waals surface area contributed by atoms with E-state index in [1.54, 1.807) is 0 Å². The molecule has 0 bridgehead atoms. The molecule has 0 aliphatic rings. The van der Waals surface area contributed by atoms with Crippen LogP contribution in [0.25, 0.3) is 22.2 Å². The second kappa shape index (κ2) is 9.52. The predicted octanol–water partition coefficient (Wildman–Crippen LogP) is 5.25. The highest BCUT2D eigenvalue weighted by molar-refractivity contribution is 5.92. The van der Waals surface area contributed by atoms with Gasteiger partial charge in [0.1, 0.15) is 5.56 Å². The minimum absolute atomic E-state index is 0.0372. The number of H-pyrrole nitrogens is 1. The normalized spacial score (nSPS) is 10.1. The Bertz CT molecular complexity index is 1100. The summed E-state index contributed by atoms with van der Waals surface area (Å²) in [5.74, 6) is -0.212. The number of aromatic amines is 1. The summed E-state index contributed by atoms with van der Waals surface area (Å²) in [5, 5.41) is 10.2. The number of benzene rings is 3. The topological polar surface area (TPSA) is 80.8 Å². The molecule has 6 heteroatoms. The van der Waals surface area contributed by atoms with E-state index in [-0.39, 0.29) is 17.1 Å². The molecule has 1 aromatic heterocycles. The van der Waals surface area contributed by atoms with Gasteiger partial charge >= 0.3 is 5.97 Å². The first kappa shape index (κ1) is 20.8. The lowest BCUT2D eigenvalue weighted by Crippen LogP contribution is -2.03. The lowest BCUT2D eigenvalue weighted by atomic mass is 10.1. The number of hydrogen-bond acceptors (Lipinski definition) is 4. The van der Waals surface area contributed by atoms with E-state index in [0.29, 0.717) is 5.75 Å². The number of para-hydroxylation sites is 1. The summed E-state index contributed by atoms with van der Waals surface area (Å²) in [5.41, 5.74) is 3.64. The molecule has 0 spiro atoms. The first-order valence-electron chi connectivity index (χ1n) is 9.24. The van der Waals surface area contributed by atoms with Crippen LogP contribution in [0.5, 0.6) is 17.2 Å². The molecule has 0 saturated carbocycles. The summed E-state index contributed by atoms with van der Waals surface area (Å²) in [6.07, 6.45) is 0. The Morgan fingerprint density at radius 2 is 1.47 bits per heavy atom. The quantitative estimate of drug-likeness (QED) is 0.474. The van der Waals surface area contributed by atoms with Crippen molar-refractivity contribution in [3.8, 4) is 28.5 Å². The maximum Gasteiger partial charge on any atom is 0.339 e. The van der Waals surface area contributed by atoms with E-state index in [1.165, 1.54) is 55.6 Å². The molecule has 0 aliphatic heterocycles. The van der Waals surface area contributed by atoms with E-state index in [1.807, 2.05) is 12.1 Å². The van der Waals surface area contributed by atoms with Gasteiger partial charge in [-0.3, -0.25) is 0 Å². The number of methoxy groups -OCH3 is 3. The van der Waals surface area contributed by atoms with Crippen molar-refractivity contribution in [3.05, 3.63) is 78.4 Å². The first-order chi connectivity index (χ1) is 14.6. The SMILES string of the molecule is COc1ccc(C(=O)O)c(OC)c1OC.c1ccc(-c2cc3ccccc3[nH]2)cc1. The highest BCUT2D eigenvalue weighted by Crippen LogP contribution is 2.39. The molecule has 2 N–H and O–H groups in total. The van der Waals surface area contributed by atoms with Crippen molar-refractivity contribution in [1.29, 1.82) is 0 Å². The largest absolute Gasteiger partial charge is 0.493 e. The van der Waals surface area contributed by atoms with Crippen molar-refractivity contribution in [3.63, 3.8) is 0 Å². The lowest BCUT2D eigenvalue weighted by molar-refractivity contribution is 0.0692. The van der Waals surface area contributed by atoms with Crippen LogP contribution in [-0.4, -0.2) is 37.4 Å². The highest BCUT2D eigenvalue weighted by Gasteiger charge is 2.19. The van der Waals surface area contributed by atoms with Crippen LogP contribution in [0.1, 0.15) is 10.4 Å². The fourth-order valence-corrected chi connectivity index (χ4v) is 3.12. The fraction of sp³-hybridized carbons (Fsp3) is 0.125. The number of fused-ring (bicyclic) bond motifs is 1. The maximum atomic E-state index is 10.9. The van der Waals surface area contributed by atoms with Crippen LogP contribution in [-0.2, 0) is 0 Å². The van der Waals surface area contributed by atoms with E-state index in [4.69, 9.17) is 19.3 Å². The summed E-state index contributed by atoms with van der Waals surface area (Å²) in [4.78, 5) is 14.3. The second-order valence-electron chi connectivity index (χ2n) is 6.32. The van der Waals surface area contributed by atoms with Gasteiger partial charge in [-0.05, 0) is 29.8 Å². The predicted molar refractivity (Wildman–Crippen MR) is 117 cm³/mol. The molecule has 0 saturated heterocycles. The second-order valence-corrected chi connectivity index (χ2v) is 6.32. The number of carbonyl (C=O) groups is 1. The van der Waals surface area contributed by atoms with E-state index in [0.717, 1.165) is 0 Å². The van der Waals surface area contributed by atoms with Crippen LogP contribution < -0.4 is 14.2 Å². The van der Waals surface area contributed by atoms with Gasteiger partial charge in [0.25, 0.3) is 0 Å². The Hall–Kier alpha value is -3.93. The molecular weight excluding hydrogens is 382 g/mol. The highest BCUT2D eigenvalue weighted by atomic mass is 16.5. The third-order valence-corrected chi connectivity index (χ3v) is 4.55. The Kier molecular flexibility index (Phi) is 6.60. The third kappa shape index (κ3) is 4.38. The number of carboxylic acid groups (broad SMARTS) is 1. The smallest absolute Gasteiger partial charge is 0.339 e. The molecule has 0 amide bonds. The average Bonchev–Trinajstić information content (AvgIpc) is 3.23. The van der Waals surface area contributed by atoms with Gasteiger partial charge in [0.2, 0.25) is 5.75 Å². The monoisotopic (exact) mass is 405 g/mol. The molecule has 154 valence electrons. The molecule has 6 nitrogen and oxygen atoms in total. The van der Waals surface area contributed by atoms with Crippen molar-refractivity contribution >= 4 is 16.9 Å². The van der Waals surface area contributed by atoms with Gasteiger partial charge in [0, 0.05) is 16.6 Å². The number of carboxylic acids is 1. The average molecular weight is 405 g/mol. The zero-order valence-electron chi connectivity index (χ0n) is 17.0. The summed E-state index contributed by atoms with van der Waals surface area (Å²) in [7, 11) is 4.27. The Balaban J connectivity index is 0.000000171. The van der Waals surface area contributed by atoms with Crippen LogP contribution in [0.2, 0.25) is 0 Å². The molecule has 3 aromatic carbocycles. The van der Waals surface area contributed by atoms with E-state index >= 15 is 0 Å². The minimum Gasteiger partial charge on any atom is -0.493 e. The van der Waals surface area contributed by atoms with Crippen molar-refractivity contribution in [1.82, 2.24) is 4.98 Å². The van der Waals surface area contributed by atoms with E-state index in [9.17, 15) is 4.79 Å². The van der Waals surface area contributed by atoms with Gasteiger partial charge < -0.3 is 24.3 Å². The fourth-order valence-electron chi connectivity index (χ4n) is 3.12. The van der Waals surface area contributed by atoms with Crippen molar-refractivity contribution in [2.24, 2.45) is 0 Å². The van der Waals surface area contributed by atoms with Crippen molar-refractivity contribution < 1.29 is 24.1 Å². The molecule has 0 radical (unpaired) electrons. The van der Waals surface area contributed by atoms with Crippen LogP contribution in [0.3, 0.4) is 0 Å². The molecule has 0 aliphatic carbocycles. The minimum atomic E-state index is -1.08. The first-order valence-corrected chi connectivity index (χ1v) is 9.24. The van der Waals surface area contributed by atoms with Crippen LogP contribution >= 0.6 is 0 Å². The lowest BCUT2D eigenvalue weighted by Gasteiger charge is -2.13. The molecule has 4 aromatic rings. The number of hydrogen-bond donors (Lipinski definition) is 2. The van der Waals surface area contributed by atoms with Crippen LogP contribution in [0, 0.1) is 0 Å². The maximum absolute atomic E-state index is 10.9. The Morgan fingerprint density at radius 3 is 2.07 bits per heavy atom. The zero-order valence-corrected chi connectivity index (χ0v) is 17.0. The Labute approximate surface area is 174 Å². The van der Waals surface area contributed by atoms with Gasteiger partial charge in [-0.1, -0.05) is 48.5 Å². The summed E-state index contributed by atoms with van der Waals surface area (Å²) < 4.78 is 15.0. The molecular formula is C24H23NO5. The van der Waals surface area contributed by atoms with Gasteiger partial charge in [0.05, 0.1) is 21.3 Å². The third-order valence-electron chi connectivity index (χ3n) is 4.55. The molecule has 1 heterocycles. The van der Waals surface area contributed by atoms with Crippen LogP contribution in [0.4, 0.5) is 0 Å². The summed E-state index contributed by atoms with van der Waals surface area (Å²) in [6.45, 7) is 0. The molecule has 0 atom stereocenters. The van der Waals surface area contributed by atoms with E-state index in [2.05, 4.69) is 53.5 Å². The van der Waals surface area contributed by atoms with E-state index < -0.39 is 5.97 Å². The van der Waals surface area contributed by atoms with Gasteiger partial charge in [-0.2, -0.15) is 0 Å². The Morgan fingerprint density at radius 1 is 0.800 bits per heavy atom. The molecule has 0 unspecified atom stereocenters. The summed E-state index contributed by atoms with van der Waals surface area (Å²) in [6, 6.07) is 23.8. The van der Waals surface area contributed by atoms with Crippen LogP contribution in [0.15, 0.2) is 72.8 Å². The number of nitrogens with one attached hydrogen (secondary N) is 1. The standard InChI is InChI=1S/C14H11N.C10H12O5/c1-2-6-11(7-3-1)14-10-12-8-4-5-9-13(12)15-14;1-13-7-5-4-6(10(11)12)8(14-2)9(7)15-3/h1-10,15H;4-5H,1-3H3,(H,11,12). The summed E-state index contributed by atoms with van der Waals surface area (Å²) >= 11 is 0. The molecule has 30 heavy (non-hydrogen) atoms. The number of rotatable bonds is 5. The molecule has 4 rings (SSSR count).